The summed E-state index contributed by atoms with van der Waals surface area (Å²) in [6, 6.07) is 3.26. The van der Waals surface area contributed by atoms with Crippen LogP contribution >= 0.6 is 0 Å². The molecule has 0 bridgehead atoms. The molecule has 4 N–H and O–H groups in total. The monoisotopic (exact) mass is 264 g/mol. The number of hydrogen-bond donors (Lipinski definition) is 3. The lowest BCUT2D eigenvalue weighted by atomic mass is 10.0. The van der Waals surface area contributed by atoms with Gasteiger partial charge in [0, 0.05) is 11.6 Å². The van der Waals surface area contributed by atoms with Crippen molar-refractivity contribution < 1.29 is 14.7 Å². The molecule has 0 saturated carbocycles. The Hall–Kier alpha value is -1.88. The van der Waals surface area contributed by atoms with E-state index in [2.05, 4.69) is 5.32 Å². The Kier molecular flexibility index (Phi) is 5.06. The summed E-state index contributed by atoms with van der Waals surface area (Å²) >= 11 is 0. The average molecular weight is 264 g/mol. The van der Waals surface area contributed by atoms with Gasteiger partial charge in [0.25, 0.3) is 0 Å². The maximum Gasteiger partial charge on any atom is 0.336 e. The summed E-state index contributed by atoms with van der Waals surface area (Å²) in [6.45, 7) is 5.81. The molecule has 0 saturated heterocycles. The van der Waals surface area contributed by atoms with Crippen molar-refractivity contribution in [1.29, 1.82) is 0 Å². The Morgan fingerprint density at radius 1 is 1.37 bits per heavy atom. The van der Waals surface area contributed by atoms with Gasteiger partial charge >= 0.3 is 5.97 Å². The maximum absolute atomic E-state index is 11.9. The number of hydrogen-bond acceptors (Lipinski definition) is 3. The van der Waals surface area contributed by atoms with Gasteiger partial charge in [-0.3, -0.25) is 4.79 Å². The van der Waals surface area contributed by atoms with E-state index in [1.807, 2.05) is 6.92 Å². The third kappa shape index (κ3) is 3.79. The number of amides is 1. The van der Waals surface area contributed by atoms with Crippen molar-refractivity contribution in [2.24, 2.45) is 11.7 Å². The van der Waals surface area contributed by atoms with Crippen molar-refractivity contribution in [1.82, 2.24) is 0 Å². The van der Waals surface area contributed by atoms with Crippen LogP contribution in [0.4, 0.5) is 5.69 Å². The molecule has 0 spiro atoms. The standard InChI is InChI=1S/C14H20N2O3/c1-8(4-5-15)13(17)16-11-6-9(2)10(3)12(7-11)14(18)19/h6-8H,4-5,15H2,1-3H3,(H,16,17)(H,18,19). The van der Waals surface area contributed by atoms with E-state index in [0.717, 1.165) is 5.56 Å². The SMILES string of the molecule is Cc1cc(NC(=O)C(C)CCN)cc(C(=O)O)c1C. The number of rotatable bonds is 5. The van der Waals surface area contributed by atoms with Gasteiger partial charge in [-0.05, 0) is 50.1 Å². The summed E-state index contributed by atoms with van der Waals surface area (Å²) in [5, 5.41) is 11.8. The highest BCUT2D eigenvalue weighted by molar-refractivity contribution is 5.96. The van der Waals surface area contributed by atoms with Crippen LogP contribution in [0.1, 0.15) is 34.8 Å². The molecule has 0 aromatic heterocycles. The quantitative estimate of drug-likeness (QED) is 0.757. The van der Waals surface area contributed by atoms with E-state index in [4.69, 9.17) is 10.8 Å². The molecule has 1 aromatic rings. The average Bonchev–Trinajstić information content (AvgIpc) is 2.33. The van der Waals surface area contributed by atoms with Crippen molar-refractivity contribution in [2.45, 2.75) is 27.2 Å². The van der Waals surface area contributed by atoms with Gasteiger partial charge in [0.05, 0.1) is 5.56 Å². The number of nitrogens with two attached hydrogens (primary N) is 1. The minimum atomic E-state index is -0.994. The fourth-order valence-electron chi connectivity index (χ4n) is 1.80. The summed E-state index contributed by atoms with van der Waals surface area (Å²) in [4.78, 5) is 23.0. The zero-order valence-corrected chi connectivity index (χ0v) is 11.5. The minimum absolute atomic E-state index is 0.148. The van der Waals surface area contributed by atoms with E-state index in [1.54, 1.807) is 19.9 Å². The largest absolute Gasteiger partial charge is 0.478 e. The van der Waals surface area contributed by atoms with E-state index >= 15 is 0 Å². The first-order chi connectivity index (χ1) is 8.86. The van der Waals surface area contributed by atoms with Gasteiger partial charge < -0.3 is 16.2 Å². The molecule has 0 aliphatic rings. The second kappa shape index (κ2) is 6.33. The van der Waals surface area contributed by atoms with Crippen molar-refractivity contribution in [2.75, 3.05) is 11.9 Å². The third-order valence-corrected chi connectivity index (χ3v) is 3.21. The summed E-state index contributed by atoms with van der Waals surface area (Å²) in [5.74, 6) is -1.34. The number of carboxylic acids is 1. The Bertz CT molecular complexity index is 498. The molecule has 0 heterocycles. The summed E-state index contributed by atoms with van der Waals surface area (Å²) < 4.78 is 0. The molecular formula is C14H20N2O3. The first-order valence-electron chi connectivity index (χ1n) is 6.22. The predicted octanol–water partition coefficient (Wildman–Crippen LogP) is 1.93. The minimum Gasteiger partial charge on any atom is -0.478 e. The van der Waals surface area contributed by atoms with Crippen LogP contribution in [0.5, 0.6) is 0 Å². The first kappa shape index (κ1) is 15.2. The van der Waals surface area contributed by atoms with Crippen LogP contribution in [0, 0.1) is 19.8 Å². The fourth-order valence-corrected chi connectivity index (χ4v) is 1.80. The van der Waals surface area contributed by atoms with Crippen molar-refractivity contribution in [3.63, 3.8) is 0 Å². The maximum atomic E-state index is 11.9. The van der Waals surface area contributed by atoms with E-state index in [1.165, 1.54) is 6.07 Å². The zero-order chi connectivity index (χ0) is 14.6. The Labute approximate surface area is 112 Å². The van der Waals surface area contributed by atoms with Crippen LogP contribution in [0.25, 0.3) is 0 Å². The number of benzene rings is 1. The highest BCUT2D eigenvalue weighted by Crippen LogP contribution is 2.20. The molecule has 5 heteroatoms. The molecule has 5 nitrogen and oxygen atoms in total. The second-order valence-corrected chi connectivity index (χ2v) is 4.74. The smallest absolute Gasteiger partial charge is 0.336 e. The molecule has 1 aromatic carbocycles. The van der Waals surface area contributed by atoms with Gasteiger partial charge in [-0.2, -0.15) is 0 Å². The summed E-state index contributed by atoms with van der Waals surface area (Å²) in [6.07, 6.45) is 0.600. The number of carbonyl (C=O) groups is 2. The van der Waals surface area contributed by atoms with Gasteiger partial charge in [0.15, 0.2) is 0 Å². The summed E-state index contributed by atoms with van der Waals surface area (Å²) in [5.41, 5.74) is 7.67. The van der Waals surface area contributed by atoms with Crippen LogP contribution in [0.2, 0.25) is 0 Å². The van der Waals surface area contributed by atoms with Crippen LogP contribution in [0.15, 0.2) is 12.1 Å². The second-order valence-electron chi connectivity index (χ2n) is 4.74. The van der Waals surface area contributed by atoms with Crippen LogP contribution in [-0.4, -0.2) is 23.5 Å². The molecule has 1 atom stereocenters. The number of carbonyl (C=O) groups excluding carboxylic acids is 1. The van der Waals surface area contributed by atoms with Crippen LogP contribution in [-0.2, 0) is 4.79 Å². The fraction of sp³-hybridized carbons (Fsp3) is 0.429. The Balaban J connectivity index is 2.97. The van der Waals surface area contributed by atoms with Gasteiger partial charge in [-0.15, -0.1) is 0 Å². The van der Waals surface area contributed by atoms with Crippen LogP contribution < -0.4 is 11.1 Å². The molecule has 104 valence electrons. The van der Waals surface area contributed by atoms with E-state index < -0.39 is 5.97 Å². The molecule has 0 aliphatic heterocycles. The highest BCUT2D eigenvalue weighted by atomic mass is 16.4. The normalized spacial score (nSPS) is 12.0. The molecule has 0 aliphatic carbocycles. The molecule has 0 fully saturated rings. The van der Waals surface area contributed by atoms with Gasteiger partial charge in [0.2, 0.25) is 5.91 Å². The molecule has 19 heavy (non-hydrogen) atoms. The number of aromatic carboxylic acids is 1. The van der Waals surface area contributed by atoms with E-state index in [-0.39, 0.29) is 17.4 Å². The lowest BCUT2D eigenvalue weighted by Gasteiger charge is -2.13. The molecule has 1 rings (SSSR count). The topological polar surface area (TPSA) is 92.4 Å². The lowest BCUT2D eigenvalue weighted by molar-refractivity contribution is -0.119. The number of anilines is 1. The first-order valence-corrected chi connectivity index (χ1v) is 6.22. The Morgan fingerprint density at radius 3 is 2.53 bits per heavy atom. The highest BCUT2D eigenvalue weighted by Gasteiger charge is 2.15. The molecule has 0 radical (unpaired) electrons. The van der Waals surface area contributed by atoms with Crippen molar-refractivity contribution >= 4 is 17.6 Å². The van der Waals surface area contributed by atoms with Crippen molar-refractivity contribution in [3.8, 4) is 0 Å². The zero-order valence-electron chi connectivity index (χ0n) is 11.5. The molecular weight excluding hydrogens is 244 g/mol. The lowest BCUT2D eigenvalue weighted by Crippen LogP contribution is -2.23. The van der Waals surface area contributed by atoms with Crippen molar-refractivity contribution in [3.05, 3.63) is 28.8 Å². The van der Waals surface area contributed by atoms with E-state index in [0.29, 0.717) is 24.2 Å². The molecule has 1 amide bonds. The van der Waals surface area contributed by atoms with Gasteiger partial charge in [-0.25, -0.2) is 4.79 Å². The van der Waals surface area contributed by atoms with Gasteiger partial charge in [-0.1, -0.05) is 6.92 Å². The number of carboxylic acid groups (broad SMARTS) is 1. The molecule has 1 unspecified atom stereocenters. The third-order valence-electron chi connectivity index (χ3n) is 3.21. The van der Waals surface area contributed by atoms with Gasteiger partial charge in [0.1, 0.15) is 0 Å². The van der Waals surface area contributed by atoms with E-state index in [9.17, 15) is 9.59 Å². The number of nitrogens with one attached hydrogen (secondary N) is 1. The number of aryl methyl sites for hydroxylation is 1. The Morgan fingerprint density at radius 2 is 2.00 bits per heavy atom. The predicted molar refractivity (Wildman–Crippen MR) is 74.3 cm³/mol. The van der Waals surface area contributed by atoms with Crippen LogP contribution in [0.3, 0.4) is 0 Å². The summed E-state index contributed by atoms with van der Waals surface area (Å²) in [7, 11) is 0.